The lowest BCUT2D eigenvalue weighted by atomic mass is 9.88. The zero-order valence-corrected chi connectivity index (χ0v) is 17.9. The third-order valence-corrected chi connectivity index (χ3v) is 5.01. The van der Waals surface area contributed by atoms with E-state index in [1.165, 1.54) is 19.3 Å². The van der Waals surface area contributed by atoms with Crippen LogP contribution in [0, 0.1) is 10.8 Å². The van der Waals surface area contributed by atoms with Crippen LogP contribution in [0.5, 0.6) is 0 Å². The molecule has 0 radical (unpaired) electrons. The number of carboxylic acid groups (broad SMARTS) is 1. The standard InChI is InChI=1S/C8H16O2.2C6H14O3/c1-2-3-4-5-6-7-8(9)10;2*1-2-6(3-7,4-8)5-9/h2-7H2,1H3,(H,9,10);2*7-9H,2-5H2,1H3. The van der Waals surface area contributed by atoms with Gasteiger partial charge in [-0.15, -0.1) is 0 Å². The highest BCUT2D eigenvalue weighted by Gasteiger charge is 2.25. The molecule has 0 saturated carbocycles. The Labute approximate surface area is 169 Å². The van der Waals surface area contributed by atoms with Gasteiger partial charge in [0.2, 0.25) is 0 Å². The molecule has 0 aliphatic carbocycles. The summed E-state index contributed by atoms with van der Waals surface area (Å²) in [6, 6.07) is 0. The second-order valence-electron chi connectivity index (χ2n) is 7.21. The lowest BCUT2D eigenvalue weighted by Crippen LogP contribution is -2.32. The summed E-state index contributed by atoms with van der Waals surface area (Å²) in [5.41, 5.74) is -1.33. The molecule has 7 N–H and O–H groups in total. The van der Waals surface area contributed by atoms with Gasteiger partial charge < -0.3 is 35.7 Å². The van der Waals surface area contributed by atoms with E-state index < -0.39 is 16.8 Å². The van der Waals surface area contributed by atoms with E-state index >= 15 is 0 Å². The van der Waals surface area contributed by atoms with Crippen molar-refractivity contribution in [2.75, 3.05) is 39.6 Å². The Morgan fingerprint density at radius 2 is 0.929 bits per heavy atom. The van der Waals surface area contributed by atoms with Crippen molar-refractivity contribution in [3.8, 4) is 0 Å². The first-order valence-corrected chi connectivity index (χ1v) is 10.1. The van der Waals surface area contributed by atoms with Crippen molar-refractivity contribution in [1.29, 1.82) is 0 Å². The summed E-state index contributed by atoms with van der Waals surface area (Å²) in [7, 11) is 0. The van der Waals surface area contributed by atoms with Gasteiger partial charge in [-0.1, -0.05) is 46.5 Å². The van der Waals surface area contributed by atoms with Crippen molar-refractivity contribution in [2.45, 2.75) is 72.1 Å². The van der Waals surface area contributed by atoms with Crippen molar-refractivity contribution in [2.24, 2.45) is 10.8 Å². The number of aliphatic hydroxyl groups excluding tert-OH is 6. The molecule has 0 aromatic heterocycles. The Kier molecular flexibility index (Phi) is 23.9. The Morgan fingerprint density at radius 3 is 1.11 bits per heavy atom. The van der Waals surface area contributed by atoms with Gasteiger partial charge in [0.15, 0.2) is 0 Å². The monoisotopic (exact) mass is 412 g/mol. The molecule has 28 heavy (non-hydrogen) atoms. The lowest BCUT2D eigenvalue weighted by molar-refractivity contribution is -0.137. The molecule has 0 bridgehead atoms. The molecule has 0 aromatic rings. The number of hydrogen-bond acceptors (Lipinski definition) is 7. The Hall–Kier alpha value is -0.770. The molecule has 0 saturated heterocycles. The Morgan fingerprint density at radius 1 is 0.607 bits per heavy atom. The minimum absolute atomic E-state index is 0.156. The first kappa shape index (κ1) is 31.9. The van der Waals surface area contributed by atoms with Gasteiger partial charge in [-0.3, -0.25) is 4.79 Å². The molecule has 0 aliphatic heterocycles. The van der Waals surface area contributed by atoms with Gasteiger partial charge in [-0.25, -0.2) is 0 Å². The van der Waals surface area contributed by atoms with Gasteiger partial charge in [0.1, 0.15) is 0 Å². The number of rotatable bonds is 14. The minimum atomic E-state index is -0.670. The molecule has 8 heteroatoms. The minimum Gasteiger partial charge on any atom is -0.481 e. The summed E-state index contributed by atoms with van der Waals surface area (Å²) in [5, 5.41) is 60.2. The van der Waals surface area contributed by atoms with E-state index in [-0.39, 0.29) is 39.6 Å². The van der Waals surface area contributed by atoms with Gasteiger partial charge in [-0.05, 0) is 19.3 Å². The quantitative estimate of drug-likeness (QED) is 0.209. The molecule has 0 heterocycles. The van der Waals surface area contributed by atoms with Crippen molar-refractivity contribution in [3.05, 3.63) is 0 Å². The zero-order chi connectivity index (χ0) is 22.5. The van der Waals surface area contributed by atoms with Gasteiger partial charge in [0.05, 0.1) is 39.6 Å². The van der Waals surface area contributed by atoms with Crippen LogP contribution >= 0.6 is 0 Å². The highest BCUT2D eigenvalue weighted by atomic mass is 16.4. The first-order chi connectivity index (χ1) is 13.3. The second-order valence-corrected chi connectivity index (χ2v) is 7.21. The van der Waals surface area contributed by atoms with E-state index in [1.807, 2.05) is 13.8 Å². The summed E-state index contributed by atoms with van der Waals surface area (Å²) in [4.78, 5) is 10.0. The van der Waals surface area contributed by atoms with Crippen LogP contribution in [0.15, 0.2) is 0 Å². The fraction of sp³-hybridized carbons (Fsp3) is 0.950. The van der Waals surface area contributed by atoms with Crippen molar-refractivity contribution in [3.63, 3.8) is 0 Å². The van der Waals surface area contributed by atoms with E-state index in [2.05, 4.69) is 6.92 Å². The molecular formula is C20H44O8. The maximum atomic E-state index is 10.0. The van der Waals surface area contributed by atoms with Crippen LogP contribution in [0.1, 0.15) is 72.1 Å². The summed E-state index contributed by atoms with van der Waals surface area (Å²) in [6.45, 7) is 4.86. The first-order valence-electron chi connectivity index (χ1n) is 10.1. The largest absolute Gasteiger partial charge is 0.481 e. The van der Waals surface area contributed by atoms with Crippen LogP contribution in [0.25, 0.3) is 0 Å². The van der Waals surface area contributed by atoms with Crippen LogP contribution < -0.4 is 0 Å². The number of aliphatic hydroxyl groups is 6. The van der Waals surface area contributed by atoms with Gasteiger partial charge >= 0.3 is 5.97 Å². The third kappa shape index (κ3) is 16.2. The van der Waals surface area contributed by atoms with Gasteiger partial charge in [0.25, 0.3) is 0 Å². The molecule has 0 rings (SSSR count). The Bertz CT molecular complexity index is 273. The van der Waals surface area contributed by atoms with Crippen LogP contribution in [0.2, 0.25) is 0 Å². The average molecular weight is 413 g/mol. The van der Waals surface area contributed by atoms with Crippen LogP contribution in [-0.2, 0) is 4.79 Å². The van der Waals surface area contributed by atoms with E-state index in [0.29, 0.717) is 19.3 Å². The van der Waals surface area contributed by atoms with Crippen LogP contribution in [0.3, 0.4) is 0 Å². The van der Waals surface area contributed by atoms with Gasteiger partial charge in [0, 0.05) is 17.3 Å². The summed E-state index contributed by atoms with van der Waals surface area (Å²) in [6.07, 6.45) is 7.07. The SMILES string of the molecule is CCC(CO)(CO)CO.CCC(CO)(CO)CO.CCCCCCCC(=O)O. The van der Waals surface area contributed by atoms with E-state index in [9.17, 15) is 4.79 Å². The Balaban J connectivity index is -0.000000336. The number of carboxylic acids is 1. The topological polar surface area (TPSA) is 159 Å². The fourth-order valence-electron chi connectivity index (χ4n) is 1.85. The smallest absolute Gasteiger partial charge is 0.303 e. The van der Waals surface area contributed by atoms with Crippen LogP contribution in [-0.4, -0.2) is 81.4 Å². The summed E-state index contributed by atoms with van der Waals surface area (Å²) < 4.78 is 0. The molecule has 0 amide bonds. The fourth-order valence-corrected chi connectivity index (χ4v) is 1.85. The van der Waals surface area contributed by atoms with Crippen molar-refractivity contribution < 1.29 is 40.5 Å². The van der Waals surface area contributed by atoms with Crippen molar-refractivity contribution in [1.82, 2.24) is 0 Å². The summed E-state index contributed by atoms with van der Waals surface area (Å²) in [5.74, 6) is -0.670. The zero-order valence-electron chi connectivity index (χ0n) is 17.9. The maximum Gasteiger partial charge on any atom is 0.303 e. The molecule has 0 atom stereocenters. The molecular weight excluding hydrogens is 368 g/mol. The summed E-state index contributed by atoms with van der Waals surface area (Å²) >= 11 is 0. The molecule has 0 fully saturated rings. The normalized spacial score (nSPS) is 11.2. The second kappa shape index (κ2) is 21.0. The molecule has 8 nitrogen and oxygen atoms in total. The maximum absolute atomic E-state index is 10.0. The number of hydrogen-bond donors (Lipinski definition) is 7. The number of carbonyl (C=O) groups is 1. The molecule has 0 unspecified atom stereocenters. The van der Waals surface area contributed by atoms with Gasteiger partial charge in [-0.2, -0.15) is 0 Å². The number of aliphatic carboxylic acids is 1. The van der Waals surface area contributed by atoms with E-state index in [1.54, 1.807) is 0 Å². The van der Waals surface area contributed by atoms with Crippen LogP contribution in [0.4, 0.5) is 0 Å². The predicted octanol–water partition coefficient (Wildman–Crippen LogP) is 1.15. The number of unbranched alkanes of at least 4 members (excludes halogenated alkanes) is 4. The van der Waals surface area contributed by atoms with E-state index in [0.717, 1.165) is 12.8 Å². The molecule has 0 aromatic carbocycles. The highest BCUT2D eigenvalue weighted by molar-refractivity contribution is 5.66. The average Bonchev–Trinajstić information content (AvgIpc) is 2.73. The molecule has 172 valence electrons. The van der Waals surface area contributed by atoms with E-state index in [4.69, 9.17) is 35.7 Å². The predicted molar refractivity (Wildman–Crippen MR) is 109 cm³/mol. The lowest BCUT2D eigenvalue weighted by Gasteiger charge is -2.24. The molecule has 0 spiro atoms. The third-order valence-electron chi connectivity index (χ3n) is 5.01. The van der Waals surface area contributed by atoms with Crippen molar-refractivity contribution >= 4 is 5.97 Å². The molecule has 0 aliphatic rings. The highest BCUT2D eigenvalue weighted by Crippen LogP contribution is 2.18.